The highest BCUT2D eigenvalue weighted by atomic mass is 16.5. The van der Waals surface area contributed by atoms with Crippen LogP contribution in [0.15, 0.2) is 61.1 Å². The Morgan fingerprint density at radius 3 is 2.76 bits per heavy atom. The molecule has 3 aromatic rings. The summed E-state index contributed by atoms with van der Waals surface area (Å²) in [5, 5.41) is 4.97. The molecule has 2 saturated heterocycles. The standard InChI is InChI=1S/C26H28N4O3/c31-24(21-5-3-11-27-18-21)29-17-19-8-15-33-26(16-19)9-13-30(14-10-26)25(32)23-22-6-2-1-4-20(22)7-12-28-23/h1-7,11-12,18-19H,8-10,13-17H2,(H,29,31). The number of nitrogens with one attached hydrogen (secondary N) is 1. The Morgan fingerprint density at radius 2 is 1.94 bits per heavy atom. The lowest BCUT2D eigenvalue weighted by atomic mass is 9.79. The van der Waals surface area contributed by atoms with Crippen molar-refractivity contribution in [3.05, 3.63) is 72.3 Å². The Balaban J connectivity index is 1.19. The summed E-state index contributed by atoms with van der Waals surface area (Å²) in [6.45, 7) is 2.62. The molecular formula is C26H28N4O3. The highest BCUT2D eigenvalue weighted by Crippen LogP contribution is 2.38. The Morgan fingerprint density at radius 1 is 1.09 bits per heavy atom. The van der Waals surface area contributed by atoms with Crippen molar-refractivity contribution in [1.82, 2.24) is 20.2 Å². The minimum absolute atomic E-state index is 0.0160. The van der Waals surface area contributed by atoms with Crippen LogP contribution < -0.4 is 5.32 Å². The maximum Gasteiger partial charge on any atom is 0.273 e. The van der Waals surface area contributed by atoms with Crippen molar-refractivity contribution in [3.63, 3.8) is 0 Å². The number of hydrogen-bond donors (Lipinski definition) is 1. The van der Waals surface area contributed by atoms with E-state index >= 15 is 0 Å². The topological polar surface area (TPSA) is 84.4 Å². The maximum absolute atomic E-state index is 13.2. The Bertz CT molecular complexity index is 1140. The zero-order valence-corrected chi connectivity index (χ0v) is 18.6. The van der Waals surface area contributed by atoms with Crippen LogP contribution in [0.25, 0.3) is 10.8 Å². The van der Waals surface area contributed by atoms with E-state index in [1.165, 1.54) is 0 Å². The number of carbonyl (C=O) groups is 2. The second-order valence-electron chi connectivity index (χ2n) is 9.01. The predicted molar refractivity (Wildman–Crippen MR) is 125 cm³/mol. The van der Waals surface area contributed by atoms with Gasteiger partial charge in [-0.25, -0.2) is 0 Å². The molecule has 0 aliphatic carbocycles. The van der Waals surface area contributed by atoms with Gasteiger partial charge >= 0.3 is 0 Å². The van der Waals surface area contributed by atoms with Gasteiger partial charge in [0.2, 0.25) is 0 Å². The number of benzene rings is 1. The van der Waals surface area contributed by atoms with Crippen molar-refractivity contribution in [2.45, 2.75) is 31.3 Å². The van der Waals surface area contributed by atoms with Gasteiger partial charge in [0.05, 0.1) is 11.2 Å². The van der Waals surface area contributed by atoms with E-state index in [9.17, 15) is 9.59 Å². The number of amides is 2. The SMILES string of the molecule is O=C(NCC1CCOC2(CCN(C(=O)c3nccc4ccccc34)CC2)C1)c1cccnc1. The molecule has 33 heavy (non-hydrogen) atoms. The second kappa shape index (κ2) is 9.27. The van der Waals surface area contributed by atoms with Gasteiger partial charge in [0, 0.05) is 50.2 Å². The number of pyridine rings is 2. The number of rotatable bonds is 4. The zero-order valence-electron chi connectivity index (χ0n) is 18.6. The quantitative estimate of drug-likeness (QED) is 0.666. The lowest BCUT2D eigenvalue weighted by molar-refractivity contribution is -0.122. The summed E-state index contributed by atoms with van der Waals surface area (Å²) >= 11 is 0. The van der Waals surface area contributed by atoms with E-state index in [2.05, 4.69) is 15.3 Å². The molecule has 0 bridgehead atoms. The molecular weight excluding hydrogens is 416 g/mol. The lowest BCUT2D eigenvalue weighted by Crippen LogP contribution is -2.52. The zero-order chi connectivity index (χ0) is 22.7. The number of aromatic nitrogens is 2. The van der Waals surface area contributed by atoms with Crippen LogP contribution in [0.2, 0.25) is 0 Å². The van der Waals surface area contributed by atoms with Crippen LogP contribution in [-0.4, -0.2) is 58.5 Å². The van der Waals surface area contributed by atoms with Crippen LogP contribution in [0.3, 0.4) is 0 Å². The average molecular weight is 445 g/mol. The van der Waals surface area contributed by atoms with Gasteiger partial charge in [-0.3, -0.25) is 19.6 Å². The highest BCUT2D eigenvalue weighted by molar-refractivity contribution is 6.05. The molecule has 0 saturated carbocycles. The number of hydrogen-bond acceptors (Lipinski definition) is 5. The van der Waals surface area contributed by atoms with Crippen LogP contribution in [-0.2, 0) is 4.74 Å². The van der Waals surface area contributed by atoms with Gasteiger partial charge in [-0.1, -0.05) is 24.3 Å². The Labute approximate surface area is 193 Å². The summed E-state index contributed by atoms with van der Waals surface area (Å²) in [5.74, 6) is 0.255. The Kier molecular flexibility index (Phi) is 6.05. The number of carbonyl (C=O) groups excluding carboxylic acids is 2. The largest absolute Gasteiger partial charge is 0.375 e. The molecule has 2 amide bonds. The summed E-state index contributed by atoms with van der Waals surface area (Å²) in [6, 6.07) is 13.3. The molecule has 1 unspecified atom stereocenters. The smallest absolute Gasteiger partial charge is 0.273 e. The first-order valence-electron chi connectivity index (χ1n) is 11.6. The molecule has 0 radical (unpaired) electrons. The fourth-order valence-corrected chi connectivity index (χ4v) is 5.05. The minimum Gasteiger partial charge on any atom is -0.375 e. The van der Waals surface area contributed by atoms with Crippen molar-refractivity contribution < 1.29 is 14.3 Å². The third-order valence-corrected chi connectivity index (χ3v) is 6.91. The molecule has 7 heteroatoms. The molecule has 4 heterocycles. The van der Waals surface area contributed by atoms with Gasteiger partial charge in [0.15, 0.2) is 0 Å². The molecule has 1 atom stereocenters. The molecule has 2 aliphatic rings. The summed E-state index contributed by atoms with van der Waals surface area (Å²) in [6.07, 6.45) is 8.38. The molecule has 2 fully saturated rings. The van der Waals surface area contributed by atoms with Crippen LogP contribution in [0.1, 0.15) is 46.5 Å². The van der Waals surface area contributed by atoms with E-state index in [-0.39, 0.29) is 17.4 Å². The van der Waals surface area contributed by atoms with Gasteiger partial charge in [0.25, 0.3) is 11.8 Å². The van der Waals surface area contributed by atoms with E-state index in [1.807, 2.05) is 35.2 Å². The molecule has 1 N–H and O–H groups in total. The van der Waals surface area contributed by atoms with E-state index in [0.717, 1.165) is 36.5 Å². The first-order valence-corrected chi connectivity index (χ1v) is 11.6. The molecule has 170 valence electrons. The summed E-state index contributed by atoms with van der Waals surface area (Å²) < 4.78 is 6.26. The number of fused-ring (bicyclic) bond motifs is 1. The number of piperidine rings is 1. The number of likely N-dealkylation sites (tertiary alicyclic amines) is 1. The third-order valence-electron chi connectivity index (χ3n) is 6.91. The molecule has 1 spiro atoms. The number of ether oxygens (including phenoxy) is 1. The molecule has 1 aromatic carbocycles. The summed E-state index contributed by atoms with van der Waals surface area (Å²) in [5.41, 5.74) is 0.878. The monoisotopic (exact) mass is 444 g/mol. The number of nitrogens with zero attached hydrogens (tertiary/aromatic N) is 3. The normalized spacial score (nSPS) is 20.0. The minimum atomic E-state index is -0.217. The lowest BCUT2D eigenvalue weighted by Gasteiger charge is -2.46. The van der Waals surface area contributed by atoms with Crippen molar-refractivity contribution >= 4 is 22.6 Å². The van der Waals surface area contributed by atoms with E-state index in [1.54, 1.807) is 30.7 Å². The average Bonchev–Trinajstić information content (AvgIpc) is 2.87. The molecule has 7 nitrogen and oxygen atoms in total. The molecule has 2 aliphatic heterocycles. The van der Waals surface area contributed by atoms with Gasteiger partial charge in [-0.15, -0.1) is 0 Å². The van der Waals surface area contributed by atoms with Crippen LogP contribution in [0, 0.1) is 5.92 Å². The third kappa shape index (κ3) is 4.59. The first-order chi connectivity index (χ1) is 16.1. The van der Waals surface area contributed by atoms with Crippen LogP contribution in [0.5, 0.6) is 0 Å². The first kappa shape index (κ1) is 21.5. The van der Waals surface area contributed by atoms with Crippen molar-refractivity contribution in [1.29, 1.82) is 0 Å². The van der Waals surface area contributed by atoms with E-state index < -0.39 is 0 Å². The second-order valence-corrected chi connectivity index (χ2v) is 9.01. The molecule has 2 aromatic heterocycles. The van der Waals surface area contributed by atoms with Crippen molar-refractivity contribution in [2.24, 2.45) is 5.92 Å². The van der Waals surface area contributed by atoms with Gasteiger partial charge < -0.3 is 15.0 Å². The Hall–Kier alpha value is -3.32. The van der Waals surface area contributed by atoms with E-state index in [4.69, 9.17) is 4.74 Å². The van der Waals surface area contributed by atoms with Gasteiger partial charge in [0.1, 0.15) is 5.69 Å². The van der Waals surface area contributed by atoms with E-state index in [0.29, 0.717) is 43.4 Å². The highest BCUT2D eigenvalue weighted by Gasteiger charge is 2.41. The van der Waals surface area contributed by atoms with Gasteiger partial charge in [-0.05, 0) is 55.2 Å². The fourth-order valence-electron chi connectivity index (χ4n) is 5.05. The summed E-state index contributed by atoms with van der Waals surface area (Å²) in [4.78, 5) is 35.9. The fraction of sp³-hybridized carbons (Fsp3) is 0.385. The van der Waals surface area contributed by atoms with Gasteiger partial charge in [-0.2, -0.15) is 0 Å². The van der Waals surface area contributed by atoms with Crippen molar-refractivity contribution in [3.8, 4) is 0 Å². The van der Waals surface area contributed by atoms with Crippen LogP contribution >= 0.6 is 0 Å². The van der Waals surface area contributed by atoms with Crippen molar-refractivity contribution in [2.75, 3.05) is 26.2 Å². The van der Waals surface area contributed by atoms with Crippen LogP contribution in [0.4, 0.5) is 0 Å². The molecule has 5 rings (SSSR count). The maximum atomic E-state index is 13.2. The predicted octanol–water partition coefficient (Wildman–Crippen LogP) is 3.46. The summed E-state index contributed by atoms with van der Waals surface area (Å²) in [7, 11) is 0.